The monoisotopic (exact) mass is 556 g/mol. The van der Waals surface area contributed by atoms with Gasteiger partial charge in [0.2, 0.25) is 0 Å². The standard InChI is InChI=1S/C20H28N2.C13H29N.2C2H6/c1-14(2)21-13-22-15(3)16-8-9-17-18(12-16)20(6,7)11-10-19(17,4)5;1-5-9-10-13(8-4)14(11-6-2)12-7-3;2*1-2/h8-9,12-13H,3,10-11H2,1-2,4-7H3;13H,5-12H2,1-4H3;2*1-2H3. The summed E-state index contributed by atoms with van der Waals surface area (Å²) in [6.07, 6.45) is 12.1. The zero-order valence-corrected chi connectivity index (χ0v) is 29.5. The Kier molecular flexibility index (Phi) is 22.2. The van der Waals surface area contributed by atoms with E-state index in [2.05, 4.69) is 95.1 Å². The van der Waals surface area contributed by atoms with Crippen molar-refractivity contribution in [3.63, 3.8) is 0 Å². The van der Waals surface area contributed by atoms with Crippen molar-refractivity contribution in [2.75, 3.05) is 13.1 Å². The summed E-state index contributed by atoms with van der Waals surface area (Å²) in [6.45, 7) is 37.1. The summed E-state index contributed by atoms with van der Waals surface area (Å²) < 4.78 is 0. The fraction of sp³-hybridized carbons (Fsp3) is 0.730. The minimum absolute atomic E-state index is 0.211. The van der Waals surface area contributed by atoms with Crippen LogP contribution in [0.5, 0.6) is 0 Å². The van der Waals surface area contributed by atoms with E-state index in [9.17, 15) is 0 Å². The van der Waals surface area contributed by atoms with Crippen LogP contribution >= 0.6 is 0 Å². The van der Waals surface area contributed by atoms with Crippen molar-refractivity contribution in [1.29, 1.82) is 0 Å². The topological polar surface area (TPSA) is 28.0 Å². The summed E-state index contributed by atoms with van der Waals surface area (Å²) in [5.41, 5.74) is 6.21. The van der Waals surface area contributed by atoms with Crippen LogP contribution < -0.4 is 0 Å². The van der Waals surface area contributed by atoms with E-state index in [0.717, 1.165) is 23.0 Å². The third-order valence-electron chi connectivity index (χ3n) is 7.62. The Morgan fingerprint density at radius 3 is 1.85 bits per heavy atom. The summed E-state index contributed by atoms with van der Waals surface area (Å²) in [6, 6.07) is 7.53. The van der Waals surface area contributed by atoms with Gasteiger partial charge in [0, 0.05) is 11.8 Å². The maximum Gasteiger partial charge on any atom is 0.115 e. The maximum absolute atomic E-state index is 4.36. The van der Waals surface area contributed by atoms with Gasteiger partial charge in [0.25, 0.3) is 0 Å². The molecule has 0 aromatic heterocycles. The number of fused-ring (bicyclic) bond motifs is 1. The molecule has 1 atom stereocenters. The van der Waals surface area contributed by atoms with Crippen LogP contribution in [0.4, 0.5) is 0 Å². The predicted octanol–water partition coefficient (Wildman–Crippen LogP) is 11.6. The second-order valence-electron chi connectivity index (χ2n) is 12.0. The molecule has 0 heterocycles. The first-order valence-corrected chi connectivity index (χ1v) is 16.5. The average molecular weight is 556 g/mol. The van der Waals surface area contributed by atoms with Gasteiger partial charge >= 0.3 is 0 Å². The quantitative estimate of drug-likeness (QED) is 0.186. The van der Waals surface area contributed by atoms with Gasteiger partial charge in [-0.05, 0) is 99.0 Å². The molecule has 0 bridgehead atoms. The molecule has 0 spiro atoms. The van der Waals surface area contributed by atoms with Gasteiger partial charge in [-0.25, -0.2) is 9.98 Å². The van der Waals surface area contributed by atoms with Crippen LogP contribution in [0.15, 0.2) is 34.8 Å². The van der Waals surface area contributed by atoms with Gasteiger partial charge in [0.15, 0.2) is 0 Å². The molecule has 3 heteroatoms. The third kappa shape index (κ3) is 14.2. The molecule has 0 aliphatic heterocycles. The summed E-state index contributed by atoms with van der Waals surface area (Å²) >= 11 is 0. The van der Waals surface area contributed by atoms with Crippen molar-refractivity contribution in [3.05, 3.63) is 41.5 Å². The first-order chi connectivity index (χ1) is 18.9. The number of rotatable bonds is 12. The molecule has 2 rings (SSSR count). The smallest absolute Gasteiger partial charge is 0.115 e. The van der Waals surface area contributed by atoms with Crippen LogP contribution in [0.2, 0.25) is 0 Å². The normalized spacial score (nSPS) is 15.4. The zero-order valence-electron chi connectivity index (χ0n) is 29.5. The highest BCUT2D eigenvalue weighted by Gasteiger charge is 2.36. The molecule has 0 radical (unpaired) electrons. The van der Waals surface area contributed by atoms with Crippen LogP contribution in [0.3, 0.4) is 0 Å². The molecule has 1 unspecified atom stereocenters. The molecule has 40 heavy (non-hydrogen) atoms. The highest BCUT2D eigenvalue weighted by molar-refractivity contribution is 5.87. The zero-order chi connectivity index (χ0) is 31.4. The van der Waals surface area contributed by atoms with E-state index < -0.39 is 0 Å². The Labute approximate surface area is 252 Å². The van der Waals surface area contributed by atoms with Gasteiger partial charge in [-0.2, -0.15) is 0 Å². The van der Waals surface area contributed by atoms with Gasteiger partial charge in [0.1, 0.15) is 6.34 Å². The molecular weight excluding hydrogens is 486 g/mol. The van der Waals surface area contributed by atoms with Gasteiger partial charge in [0.05, 0.1) is 5.70 Å². The number of aliphatic imine (C=N–C) groups is 2. The number of benzene rings is 1. The highest BCUT2D eigenvalue weighted by Crippen LogP contribution is 2.46. The van der Waals surface area contributed by atoms with E-state index in [1.165, 1.54) is 75.6 Å². The lowest BCUT2D eigenvalue weighted by Gasteiger charge is -2.42. The Hall–Kier alpha value is -1.74. The van der Waals surface area contributed by atoms with Gasteiger partial charge in [-0.15, -0.1) is 0 Å². The fourth-order valence-electron chi connectivity index (χ4n) is 5.19. The molecule has 1 aliphatic rings. The first-order valence-electron chi connectivity index (χ1n) is 16.5. The predicted molar refractivity (Wildman–Crippen MR) is 186 cm³/mol. The molecule has 3 nitrogen and oxygen atoms in total. The number of nitrogens with zero attached hydrogens (tertiary/aromatic N) is 3. The highest BCUT2D eigenvalue weighted by atomic mass is 15.1. The fourth-order valence-corrected chi connectivity index (χ4v) is 5.19. The van der Waals surface area contributed by atoms with E-state index in [4.69, 9.17) is 0 Å². The average Bonchev–Trinajstić information content (AvgIpc) is 2.94. The number of unbranched alkanes of at least 4 members (excludes halogenated alkanes) is 1. The maximum atomic E-state index is 4.36. The van der Waals surface area contributed by atoms with Crippen molar-refractivity contribution in [2.24, 2.45) is 9.98 Å². The largest absolute Gasteiger partial charge is 0.300 e. The van der Waals surface area contributed by atoms with Crippen LogP contribution in [-0.2, 0) is 10.8 Å². The van der Waals surface area contributed by atoms with Crippen molar-refractivity contribution < 1.29 is 0 Å². The summed E-state index contributed by atoms with van der Waals surface area (Å²) in [7, 11) is 0. The number of hydrogen-bond acceptors (Lipinski definition) is 2. The van der Waals surface area contributed by atoms with E-state index in [0.29, 0.717) is 0 Å². The Bertz CT molecular complexity index is 850. The molecule has 1 aromatic carbocycles. The van der Waals surface area contributed by atoms with E-state index >= 15 is 0 Å². The Balaban J connectivity index is 0. The first kappa shape index (κ1) is 40.4. The SMILES string of the molecule is C=C(N=CN=C(C)C)c1ccc2c(c1)C(C)(C)CCC2(C)C.CC.CC.CCCCC(CC)N(CCC)CCC. The molecule has 232 valence electrons. The summed E-state index contributed by atoms with van der Waals surface area (Å²) in [4.78, 5) is 11.2. The van der Waals surface area contributed by atoms with E-state index in [1.807, 2.05) is 41.5 Å². The van der Waals surface area contributed by atoms with Crippen LogP contribution in [0.1, 0.15) is 165 Å². The van der Waals surface area contributed by atoms with Gasteiger partial charge in [-0.3, -0.25) is 0 Å². The molecular formula is C37H69N3. The molecule has 0 N–H and O–H groups in total. The molecule has 0 fully saturated rings. The van der Waals surface area contributed by atoms with Crippen LogP contribution in [0.25, 0.3) is 5.70 Å². The van der Waals surface area contributed by atoms with Crippen molar-refractivity contribution in [1.82, 2.24) is 4.90 Å². The van der Waals surface area contributed by atoms with E-state index in [1.54, 1.807) is 6.34 Å². The van der Waals surface area contributed by atoms with Crippen LogP contribution in [-0.4, -0.2) is 36.1 Å². The molecule has 0 saturated carbocycles. The molecule has 1 aliphatic carbocycles. The van der Waals surface area contributed by atoms with Gasteiger partial charge < -0.3 is 4.90 Å². The Morgan fingerprint density at radius 1 is 0.875 bits per heavy atom. The Morgan fingerprint density at radius 2 is 1.40 bits per heavy atom. The lowest BCUT2D eigenvalue weighted by Crippen LogP contribution is -2.36. The second-order valence-corrected chi connectivity index (χ2v) is 12.0. The van der Waals surface area contributed by atoms with Crippen molar-refractivity contribution in [2.45, 2.75) is 165 Å². The van der Waals surface area contributed by atoms with Crippen molar-refractivity contribution >= 4 is 17.7 Å². The lowest BCUT2D eigenvalue weighted by molar-refractivity contribution is 0.179. The minimum atomic E-state index is 0.211. The minimum Gasteiger partial charge on any atom is -0.300 e. The lowest BCUT2D eigenvalue weighted by atomic mass is 9.63. The number of hydrogen-bond donors (Lipinski definition) is 0. The molecule has 0 saturated heterocycles. The summed E-state index contributed by atoms with van der Waals surface area (Å²) in [5.74, 6) is 0. The van der Waals surface area contributed by atoms with Crippen LogP contribution in [0, 0.1) is 0 Å². The van der Waals surface area contributed by atoms with Gasteiger partial charge in [-0.1, -0.05) is 115 Å². The third-order valence-corrected chi connectivity index (χ3v) is 7.62. The molecule has 1 aromatic rings. The molecule has 0 amide bonds. The van der Waals surface area contributed by atoms with E-state index in [-0.39, 0.29) is 10.8 Å². The summed E-state index contributed by atoms with van der Waals surface area (Å²) in [5, 5.41) is 0. The second kappa shape index (κ2) is 21.9. The van der Waals surface area contributed by atoms with Crippen molar-refractivity contribution in [3.8, 4) is 0 Å².